The summed E-state index contributed by atoms with van der Waals surface area (Å²) >= 11 is 0. The molecule has 2 amide bonds. The first-order valence-electron chi connectivity index (χ1n) is 10.2. The Kier molecular flexibility index (Phi) is 7.60. The zero-order chi connectivity index (χ0) is 23.3. The lowest BCUT2D eigenvalue weighted by atomic mass is 10.2. The van der Waals surface area contributed by atoms with Crippen molar-refractivity contribution < 1.29 is 27.1 Å². The van der Waals surface area contributed by atoms with Gasteiger partial charge in [-0.05, 0) is 55.2 Å². The highest BCUT2D eigenvalue weighted by molar-refractivity contribution is 7.89. The molecule has 0 bridgehead atoms. The molecule has 1 unspecified atom stereocenters. The second-order valence-corrected chi connectivity index (χ2v) is 9.44. The standard InChI is InChI=1S/C22H26FN3O5S/c1-15-4-5-16(2)19(12-15)32(29,30)26-10-3-11-31-20(26)14-25-22(28)21(27)24-13-17-6-8-18(23)9-7-17/h4-9,12,20H,3,10-11,13-14H2,1-2H3,(H,24,27)(H,25,28). The molecule has 0 radical (unpaired) electrons. The van der Waals surface area contributed by atoms with Gasteiger partial charge in [0.05, 0.1) is 18.0 Å². The van der Waals surface area contributed by atoms with Crippen LogP contribution in [0.4, 0.5) is 4.39 Å². The number of benzene rings is 2. The molecule has 1 aliphatic rings. The molecule has 1 heterocycles. The maximum Gasteiger partial charge on any atom is 0.309 e. The highest BCUT2D eigenvalue weighted by Gasteiger charge is 2.35. The van der Waals surface area contributed by atoms with E-state index >= 15 is 0 Å². The van der Waals surface area contributed by atoms with Crippen molar-refractivity contribution in [2.75, 3.05) is 19.7 Å². The molecule has 8 nitrogen and oxygen atoms in total. The number of nitrogens with one attached hydrogen (secondary N) is 2. The summed E-state index contributed by atoms with van der Waals surface area (Å²) in [6.45, 7) is 4.00. The number of carbonyl (C=O) groups excluding carboxylic acids is 2. The topological polar surface area (TPSA) is 105 Å². The largest absolute Gasteiger partial charge is 0.360 e. The number of halogens is 1. The number of sulfonamides is 1. The lowest BCUT2D eigenvalue weighted by molar-refractivity contribution is -0.140. The van der Waals surface area contributed by atoms with Crippen LogP contribution in [0.2, 0.25) is 0 Å². The minimum atomic E-state index is -3.86. The third-order valence-electron chi connectivity index (χ3n) is 5.09. The summed E-state index contributed by atoms with van der Waals surface area (Å²) < 4.78 is 46.3. The number of hydrogen-bond acceptors (Lipinski definition) is 5. The molecular weight excluding hydrogens is 437 g/mol. The van der Waals surface area contributed by atoms with Gasteiger partial charge in [-0.15, -0.1) is 0 Å². The predicted molar refractivity (Wildman–Crippen MR) is 115 cm³/mol. The fraction of sp³-hybridized carbons (Fsp3) is 0.364. The van der Waals surface area contributed by atoms with E-state index in [-0.39, 0.29) is 24.5 Å². The lowest BCUT2D eigenvalue weighted by Gasteiger charge is -2.35. The zero-order valence-electron chi connectivity index (χ0n) is 17.9. The maximum atomic E-state index is 13.3. The third-order valence-corrected chi connectivity index (χ3v) is 7.13. The van der Waals surface area contributed by atoms with E-state index in [4.69, 9.17) is 4.74 Å². The van der Waals surface area contributed by atoms with Gasteiger partial charge in [0.2, 0.25) is 10.0 Å². The summed E-state index contributed by atoms with van der Waals surface area (Å²) in [4.78, 5) is 24.4. The highest BCUT2D eigenvalue weighted by atomic mass is 32.2. The molecule has 0 saturated carbocycles. The van der Waals surface area contributed by atoms with Gasteiger partial charge in [0.25, 0.3) is 0 Å². The molecule has 172 valence electrons. The van der Waals surface area contributed by atoms with E-state index in [1.54, 1.807) is 19.1 Å². The molecule has 2 aromatic rings. The molecule has 2 aromatic carbocycles. The van der Waals surface area contributed by atoms with Gasteiger partial charge in [0.15, 0.2) is 0 Å². The van der Waals surface area contributed by atoms with Gasteiger partial charge in [0, 0.05) is 13.1 Å². The van der Waals surface area contributed by atoms with E-state index in [0.29, 0.717) is 24.2 Å². The molecule has 0 aliphatic carbocycles. The average Bonchev–Trinajstić information content (AvgIpc) is 2.78. The van der Waals surface area contributed by atoms with Crippen LogP contribution in [0.1, 0.15) is 23.1 Å². The van der Waals surface area contributed by atoms with Gasteiger partial charge in [-0.1, -0.05) is 24.3 Å². The van der Waals surface area contributed by atoms with Crippen LogP contribution in [0.15, 0.2) is 47.4 Å². The second-order valence-electron chi connectivity index (χ2n) is 7.58. The molecule has 2 N–H and O–H groups in total. The highest BCUT2D eigenvalue weighted by Crippen LogP contribution is 2.25. The molecule has 1 fully saturated rings. The normalized spacial score (nSPS) is 17.0. The quantitative estimate of drug-likeness (QED) is 0.634. The van der Waals surface area contributed by atoms with Crippen LogP contribution in [0.5, 0.6) is 0 Å². The Labute approximate surface area is 186 Å². The van der Waals surface area contributed by atoms with E-state index in [9.17, 15) is 22.4 Å². The zero-order valence-corrected chi connectivity index (χ0v) is 18.7. The minimum Gasteiger partial charge on any atom is -0.360 e. The number of hydrogen-bond donors (Lipinski definition) is 2. The fourth-order valence-electron chi connectivity index (χ4n) is 3.34. The van der Waals surface area contributed by atoms with Gasteiger partial charge >= 0.3 is 11.8 Å². The maximum absolute atomic E-state index is 13.3. The summed E-state index contributed by atoms with van der Waals surface area (Å²) in [5.74, 6) is -2.19. The van der Waals surface area contributed by atoms with Crippen LogP contribution < -0.4 is 10.6 Å². The van der Waals surface area contributed by atoms with Gasteiger partial charge in [-0.2, -0.15) is 4.31 Å². The molecule has 1 aliphatic heterocycles. The second kappa shape index (κ2) is 10.2. The first-order valence-corrected chi connectivity index (χ1v) is 11.6. The van der Waals surface area contributed by atoms with E-state index in [1.165, 1.54) is 28.6 Å². The van der Waals surface area contributed by atoms with Crippen molar-refractivity contribution in [1.29, 1.82) is 0 Å². The molecule has 0 spiro atoms. The van der Waals surface area contributed by atoms with Crippen LogP contribution in [0.3, 0.4) is 0 Å². The number of nitrogens with zero attached hydrogens (tertiary/aromatic N) is 1. The Bertz CT molecular complexity index is 1090. The number of ether oxygens (including phenoxy) is 1. The molecule has 10 heteroatoms. The summed E-state index contributed by atoms with van der Waals surface area (Å²) in [5.41, 5.74) is 2.06. The Morgan fingerprint density at radius 2 is 1.78 bits per heavy atom. The summed E-state index contributed by atoms with van der Waals surface area (Å²) in [5, 5.41) is 4.88. The van der Waals surface area contributed by atoms with Crippen LogP contribution in [-0.2, 0) is 30.9 Å². The molecule has 0 aromatic heterocycles. The number of rotatable bonds is 6. The first kappa shape index (κ1) is 23.8. The Morgan fingerprint density at radius 1 is 1.09 bits per heavy atom. The summed E-state index contributed by atoms with van der Waals surface area (Å²) in [7, 11) is -3.86. The van der Waals surface area contributed by atoms with Crippen LogP contribution >= 0.6 is 0 Å². The van der Waals surface area contributed by atoms with Gasteiger partial charge in [-0.3, -0.25) is 9.59 Å². The van der Waals surface area contributed by atoms with E-state index in [1.807, 2.05) is 13.0 Å². The predicted octanol–water partition coefficient (Wildman–Crippen LogP) is 1.61. The van der Waals surface area contributed by atoms with Crippen molar-refractivity contribution in [3.63, 3.8) is 0 Å². The minimum absolute atomic E-state index is 0.0552. The van der Waals surface area contributed by atoms with E-state index in [0.717, 1.165) is 5.56 Å². The van der Waals surface area contributed by atoms with Crippen LogP contribution in [0, 0.1) is 19.7 Å². The van der Waals surface area contributed by atoms with E-state index in [2.05, 4.69) is 10.6 Å². The number of amides is 2. The van der Waals surface area contributed by atoms with Crippen molar-refractivity contribution >= 4 is 21.8 Å². The first-order chi connectivity index (χ1) is 15.2. The Hall–Kier alpha value is -2.82. The van der Waals surface area contributed by atoms with E-state index < -0.39 is 33.9 Å². The Morgan fingerprint density at radius 3 is 2.50 bits per heavy atom. The van der Waals surface area contributed by atoms with Crippen molar-refractivity contribution in [2.45, 2.75) is 37.9 Å². The van der Waals surface area contributed by atoms with Crippen molar-refractivity contribution in [3.05, 3.63) is 65.0 Å². The monoisotopic (exact) mass is 463 g/mol. The van der Waals surface area contributed by atoms with Crippen molar-refractivity contribution in [1.82, 2.24) is 14.9 Å². The molecule has 1 atom stereocenters. The SMILES string of the molecule is Cc1ccc(C)c(S(=O)(=O)N2CCCOC2CNC(=O)C(=O)NCc2ccc(F)cc2)c1. The lowest BCUT2D eigenvalue weighted by Crippen LogP contribution is -2.53. The molecule has 32 heavy (non-hydrogen) atoms. The summed E-state index contributed by atoms with van der Waals surface area (Å²) in [6.07, 6.45) is -0.408. The number of carbonyl (C=O) groups is 2. The number of aryl methyl sites for hydroxylation is 2. The smallest absolute Gasteiger partial charge is 0.309 e. The van der Waals surface area contributed by atoms with Gasteiger partial charge in [0.1, 0.15) is 12.0 Å². The van der Waals surface area contributed by atoms with Gasteiger partial charge in [-0.25, -0.2) is 12.8 Å². The fourth-order valence-corrected chi connectivity index (χ4v) is 5.22. The molecule has 3 rings (SSSR count). The molecule has 1 saturated heterocycles. The van der Waals surface area contributed by atoms with Crippen LogP contribution in [0.25, 0.3) is 0 Å². The summed E-state index contributed by atoms with van der Waals surface area (Å²) in [6, 6.07) is 10.7. The molecular formula is C22H26FN3O5S. The third kappa shape index (κ3) is 5.70. The van der Waals surface area contributed by atoms with Gasteiger partial charge < -0.3 is 15.4 Å². The van der Waals surface area contributed by atoms with Crippen molar-refractivity contribution in [2.24, 2.45) is 0 Å². The van der Waals surface area contributed by atoms with Crippen molar-refractivity contribution in [3.8, 4) is 0 Å². The average molecular weight is 464 g/mol. The Balaban J connectivity index is 1.62. The van der Waals surface area contributed by atoms with Crippen LogP contribution in [-0.4, -0.2) is 50.5 Å².